The van der Waals surface area contributed by atoms with Gasteiger partial charge in [-0.1, -0.05) is 6.92 Å². The summed E-state index contributed by atoms with van der Waals surface area (Å²) in [5.74, 6) is 0. The van der Waals surface area contributed by atoms with Crippen molar-refractivity contribution in [2.24, 2.45) is 0 Å². The molecule has 0 aromatic carbocycles. The first-order chi connectivity index (χ1) is 8.04. The Labute approximate surface area is 106 Å². The van der Waals surface area contributed by atoms with Crippen molar-refractivity contribution in [3.63, 3.8) is 0 Å². The van der Waals surface area contributed by atoms with Gasteiger partial charge in [0, 0.05) is 12.1 Å². The van der Waals surface area contributed by atoms with Crippen LogP contribution in [0.3, 0.4) is 0 Å². The van der Waals surface area contributed by atoms with Crippen LogP contribution in [0.25, 0.3) is 0 Å². The van der Waals surface area contributed by atoms with Crippen molar-refractivity contribution < 1.29 is 0 Å². The van der Waals surface area contributed by atoms with Crippen molar-refractivity contribution in [1.29, 1.82) is 5.26 Å². The van der Waals surface area contributed by atoms with Crippen molar-refractivity contribution in [3.8, 4) is 6.07 Å². The Morgan fingerprint density at radius 1 is 1.53 bits per heavy atom. The molecule has 3 nitrogen and oxygen atoms in total. The molecule has 0 spiro atoms. The standard InChI is InChI=1S/C14H27N3/c1-5-9-16-14(11-15)8-6-7-13(10-14)17(4)12(2)3/h12-13,16H,5-10H2,1-4H3. The lowest BCUT2D eigenvalue weighted by Gasteiger charge is -2.41. The van der Waals surface area contributed by atoms with E-state index in [-0.39, 0.29) is 5.54 Å². The number of nitrogens with zero attached hydrogens (tertiary/aromatic N) is 2. The maximum atomic E-state index is 9.48. The molecule has 1 saturated carbocycles. The first-order valence-electron chi connectivity index (χ1n) is 6.93. The summed E-state index contributed by atoms with van der Waals surface area (Å²) in [6.07, 6.45) is 5.45. The van der Waals surface area contributed by atoms with Crippen LogP contribution in [0.4, 0.5) is 0 Å². The minimum Gasteiger partial charge on any atom is -0.301 e. The minimum absolute atomic E-state index is 0.276. The first-order valence-corrected chi connectivity index (χ1v) is 6.93. The molecule has 3 heteroatoms. The number of rotatable bonds is 5. The average Bonchev–Trinajstić information content (AvgIpc) is 2.35. The third-order valence-corrected chi connectivity index (χ3v) is 4.04. The fourth-order valence-electron chi connectivity index (χ4n) is 2.68. The molecule has 98 valence electrons. The second-order valence-electron chi connectivity index (χ2n) is 5.63. The summed E-state index contributed by atoms with van der Waals surface area (Å²) >= 11 is 0. The molecule has 1 N–H and O–H groups in total. The van der Waals surface area contributed by atoms with Crippen LogP contribution in [0.1, 0.15) is 52.9 Å². The van der Waals surface area contributed by atoms with E-state index in [1.165, 1.54) is 6.42 Å². The van der Waals surface area contributed by atoms with Crippen LogP contribution < -0.4 is 5.32 Å². The quantitative estimate of drug-likeness (QED) is 0.798. The van der Waals surface area contributed by atoms with E-state index in [4.69, 9.17) is 0 Å². The molecule has 1 rings (SSSR count). The molecule has 2 atom stereocenters. The molecule has 1 aliphatic carbocycles. The van der Waals surface area contributed by atoms with Crippen molar-refractivity contribution in [2.75, 3.05) is 13.6 Å². The topological polar surface area (TPSA) is 39.1 Å². The molecule has 0 saturated heterocycles. The second-order valence-corrected chi connectivity index (χ2v) is 5.63. The van der Waals surface area contributed by atoms with Gasteiger partial charge in [0.1, 0.15) is 5.54 Å². The smallest absolute Gasteiger partial charge is 0.108 e. The van der Waals surface area contributed by atoms with Crippen molar-refractivity contribution in [2.45, 2.75) is 70.5 Å². The van der Waals surface area contributed by atoms with Crippen LogP contribution in [0.5, 0.6) is 0 Å². The number of hydrogen-bond donors (Lipinski definition) is 1. The normalized spacial score (nSPS) is 29.6. The Bertz CT molecular complexity index is 269. The highest BCUT2D eigenvalue weighted by atomic mass is 15.2. The highest BCUT2D eigenvalue weighted by molar-refractivity contribution is 5.11. The van der Waals surface area contributed by atoms with Gasteiger partial charge in [-0.2, -0.15) is 5.26 Å². The van der Waals surface area contributed by atoms with Crippen molar-refractivity contribution >= 4 is 0 Å². The zero-order valence-electron chi connectivity index (χ0n) is 11.8. The van der Waals surface area contributed by atoms with E-state index in [1.807, 2.05) is 0 Å². The Kier molecular flexibility index (Phi) is 5.42. The van der Waals surface area contributed by atoms with Gasteiger partial charge in [-0.15, -0.1) is 0 Å². The fraction of sp³-hybridized carbons (Fsp3) is 0.929. The number of nitrogens with one attached hydrogen (secondary N) is 1. The van der Waals surface area contributed by atoms with Gasteiger partial charge in [0.2, 0.25) is 0 Å². The third-order valence-electron chi connectivity index (χ3n) is 4.04. The van der Waals surface area contributed by atoms with E-state index in [2.05, 4.69) is 44.1 Å². The maximum absolute atomic E-state index is 9.48. The van der Waals surface area contributed by atoms with E-state index in [0.717, 1.165) is 32.2 Å². The Hall–Kier alpha value is -0.590. The molecule has 0 heterocycles. The van der Waals surface area contributed by atoms with Crippen molar-refractivity contribution in [3.05, 3.63) is 0 Å². The van der Waals surface area contributed by atoms with Gasteiger partial charge in [-0.05, 0) is 59.5 Å². The summed E-state index contributed by atoms with van der Waals surface area (Å²) in [5, 5.41) is 12.9. The van der Waals surface area contributed by atoms with Crippen LogP contribution in [0, 0.1) is 11.3 Å². The van der Waals surface area contributed by atoms with Gasteiger partial charge in [0.05, 0.1) is 6.07 Å². The molecular formula is C14H27N3. The zero-order chi connectivity index (χ0) is 12.9. The van der Waals surface area contributed by atoms with Crippen molar-refractivity contribution in [1.82, 2.24) is 10.2 Å². The summed E-state index contributed by atoms with van der Waals surface area (Å²) in [6.45, 7) is 7.55. The van der Waals surface area contributed by atoms with Gasteiger partial charge in [0.25, 0.3) is 0 Å². The maximum Gasteiger partial charge on any atom is 0.108 e. The number of hydrogen-bond acceptors (Lipinski definition) is 3. The monoisotopic (exact) mass is 237 g/mol. The van der Waals surface area contributed by atoms with Gasteiger partial charge >= 0.3 is 0 Å². The fourth-order valence-corrected chi connectivity index (χ4v) is 2.68. The first kappa shape index (κ1) is 14.5. The molecule has 17 heavy (non-hydrogen) atoms. The van der Waals surface area contributed by atoms with Gasteiger partial charge in [-0.25, -0.2) is 0 Å². The molecule has 1 fully saturated rings. The molecule has 2 unspecified atom stereocenters. The molecule has 0 aromatic rings. The van der Waals surface area contributed by atoms with E-state index < -0.39 is 0 Å². The summed E-state index contributed by atoms with van der Waals surface area (Å²) < 4.78 is 0. The summed E-state index contributed by atoms with van der Waals surface area (Å²) in [7, 11) is 2.18. The average molecular weight is 237 g/mol. The molecule has 0 bridgehead atoms. The SMILES string of the molecule is CCCNC1(C#N)CCCC(N(C)C(C)C)C1. The van der Waals surface area contributed by atoms with Gasteiger partial charge in [0.15, 0.2) is 0 Å². The summed E-state index contributed by atoms with van der Waals surface area (Å²) in [6, 6.07) is 3.64. The van der Waals surface area contributed by atoms with Crippen LogP contribution in [0.2, 0.25) is 0 Å². The van der Waals surface area contributed by atoms with Gasteiger partial charge in [-0.3, -0.25) is 5.32 Å². The van der Waals surface area contributed by atoms with Crippen LogP contribution >= 0.6 is 0 Å². The second kappa shape index (κ2) is 6.37. The Morgan fingerprint density at radius 2 is 2.24 bits per heavy atom. The largest absolute Gasteiger partial charge is 0.301 e. The predicted molar refractivity (Wildman–Crippen MR) is 71.8 cm³/mol. The van der Waals surface area contributed by atoms with Gasteiger partial charge < -0.3 is 4.90 Å². The summed E-state index contributed by atoms with van der Waals surface area (Å²) in [5.41, 5.74) is -0.276. The van der Waals surface area contributed by atoms with E-state index in [1.54, 1.807) is 0 Å². The Balaban J connectivity index is 2.66. The molecule has 0 aromatic heterocycles. The highest BCUT2D eigenvalue weighted by Gasteiger charge is 2.37. The molecule has 0 aliphatic heterocycles. The zero-order valence-corrected chi connectivity index (χ0v) is 11.8. The number of nitriles is 1. The lowest BCUT2D eigenvalue weighted by molar-refractivity contribution is 0.119. The van der Waals surface area contributed by atoms with E-state index >= 15 is 0 Å². The lowest BCUT2D eigenvalue weighted by Crippen LogP contribution is -2.53. The predicted octanol–water partition coefficient (Wildman–Crippen LogP) is 2.53. The minimum atomic E-state index is -0.276. The van der Waals surface area contributed by atoms with Crippen LogP contribution in [-0.4, -0.2) is 36.1 Å². The third kappa shape index (κ3) is 3.69. The Morgan fingerprint density at radius 3 is 2.76 bits per heavy atom. The lowest BCUT2D eigenvalue weighted by atomic mass is 9.79. The summed E-state index contributed by atoms with van der Waals surface area (Å²) in [4.78, 5) is 2.42. The highest BCUT2D eigenvalue weighted by Crippen LogP contribution is 2.31. The molecule has 0 radical (unpaired) electrons. The van der Waals surface area contributed by atoms with E-state index in [0.29, 0.717) is 12.1 Å². The molecule has 1 aliphatic rings. The molecular weight excluding hydrogens is 210 g/mol. The van der Waals surface area contributed by atoms with Crippen LogP contribution in [-0.2, 0) is 0 Å². The molecule has 0 amide bonds. The van der Waals surface area contributed by atoms with E-state index in [9.17, 15) is 5.26 Å². The van der Waals surface area contributed by atoms with Crippen LogP contribution in [0.15, 0.2) is 0 Å².